The van der Waals surface area contributed by atoms with Crippen LogP contribution < -0.4 is 5.73 Å². The Hall–Kier alpha value is -0.910. The van der Waals surface area contributed by atoms with E-state index in [1.54, 1.807) is 6.33 Å². The first-order valence-corrected chi connectivity index (χ1v) is 5.01. The first kappa shape index (κ1) is 9.64. The largest absolute Gasteiger partial charge is 0.394 e. The zero-order valence-corrected chi connectivity index (χ0v) is 8.98. The average Bonchev–Trinajstić information content (AvgIpc) is 2.59. The number of halogens is 1. The van der Waals surface area contributed by atoms with Crippen molar-refractivity contribution >= 4 is 21.4 Å². The van der Waals surface area contributed by atoms with Crippen LogP contribution in [0.15, 0.2) is 29.1 Å². The molecular formula is C9H10BrN3O. The quantitative estimate of drug-likeness (QED) is 0.845. The van der Waals surface area contributed by atoms with Crippen molar-refractivity contribution in [3.05, 3.63) is 34.8 Å². The highest BCUT2D eigenvalue weighted by molar-refractivity contribution is 9.10. The predicted molar refractivity (Wildman–Crippen MR) is 56.9 cm³/mol. The van der Waals surface area contributed by atoms with Crippen molar-refractivity contribution in [1.29, 1.82) is 0 Å². The summed E-state index contributed by atoms with van der Waals surface area (Å²) in [4.78, 5) is 4.12. The molecule has 0 radical (unpaired) electrons. The SMILES string of the molecule is NC(CO)c1cccc2c(Br)ncn12. The Morgan fingerprint density at radius 1 is 1.57 bits per heavy atom. The van der Waals surface area contributed by atoms with Crippen LogP contribution >= 0.6 is 15.9 Å². The molecule has 1 atom stereocenters. The first-order valence-electron chi connectivity index (χ1n) is 4.22. The first-order chi connectivity index (χ1) is 6.74. The molecule has 0 aliphatic carbocycles. The second-order valence-electron chi connectivity index (χ2n) is 3.03. The number of aliphatic hydroxyl groups excluding tert-OH is 1. The molecule has 0 saturated heterocycles. The summed E-state index contributed by atoms with van der Waals surface area (Å²) < 4.78 is 2.65. The topological polar surface area (TPSA) is 63.5 Å². The Balaban J connectivity index is 2.65. The van der Waals surface area contributed by atoms with Gasteiger partial charge in [0, 0.05) is 5.69 Å². The standard InChI is InChI=1S/C9H10BrN3O/c10-9-8-3-1-2-7(6(11)4-14)13(8)5-12-9/h1-3,5-6,14H,4,11H2. The number of fused-ring (bicyclic) bond motifs is 1. The fraction of sp³-hybridized carbons (Fsp3) is 0.222. The van der Waals surface area contributed by atoms with Gasteiger partial charge in [0.25, 0.3) is 0 Å². The van der Waals surface area contributed by atoms with E-state index in [1.165, 1.54) is 0 Å². The van der Waals surface area contributed by atoms with E-state index in [1.807, 2.05) is 22.6 Å². The number of nitrogens with zero attached hydrogens (tertiary/aromatic N) is 2. The van der Waals surface area contributed by atoms with Gasteiger partial charge in [0.1, 0.15) is 10.9 Å². The van der Waals surface area contributed by atoms with E-state index in [9.17, 15) is 0 Å². The van der Waals surface area contributed by atoms with E-state index in [0.717, 1.165) is 15.8 Å². The minimum atomic E-state index is -0.375. The van der Waals surface area contributed by atoms with Gasteiger partial charge in [-0.05, 0) is 28.1 Å². The number of nitrogens with two attached hydrogens (primary N) is 1. The number of hydrogen-bond donors (Lipinski definition) is 2. The predicted octanol–water partition coefficient (Wildman–Crippen LogP) is 1.09. The van der Waals surface area contributed by atoms with Gasteiger partial charge in [-0.3, -0.25) is 0 Å². The fourth-order valence-corrected chi connectivity index (χ4v) is 1.82. The number of pyridine rings is 1. The molecule has 0 aliphatic heterocycles. The second kappa shape index (κ2) is 3.68. The number of hydrogen-bond acceptors (Lipinski definition) is 3. The monoisotopic (exact) mass is 255 g/mol. The van der Waals surface area contributed by atoms with Gasteiger partial charge < -0.3 is 15.2 Å². The molecule has 1 unspecified atom stereocenters. The van der Waals surface area contributed by atoms with Crippen molar-refractivity contribution in [1.82, 2.24) is 9.38 Å². The average molecular weight is 256 g/mol. The summed E-state index contributed by atoms with van der Waals surface area (Å²) in [6, 6.07) is 5.33. The molecule has 2 aromatic rings. The molecule has 0 spiro atoms. The molecule has 3 N–H and O–H groups in total. The van der Waals surface area contributed by atoms with Crippen molar-refractivity contribution < 1.29 is 5.11 Å². The Morgan fingerprint density at radius 2 is 2.36 bits per heavy atom. The van der Waals surface area contributed by atoms with E-state index in [-0.39, 0.29) is 12.6 Å². The summed E-state index contributed by atoms with van der Waals surface area (Å²) in [5, 5.41) is 8.98. The summed E-state index contributed by atoms with van der Waals surface area (Å²) in [6.45, 7) is -0.0745. The van der Waals surface area contributed by atoms with E-state index in [4.69, 9.17) is 10.8 Å². The van der Waals surface area contributed by atoms with Crippen LogP contribution in [0.2, 0.25) is 0 Å². The number of rotatable bonds is 2. The molecule has 0 amide bonds. The smallest absolute Gasteiger partial charge is 0.131 e. The maximum atomic E-state index is 8.98. The molecule has 2 rings (SSSR count). The summed E-state index contributed by atoms with van der Waals surface area (Å²) in [6.07, 6.45) is 1.68. The highest BCUT2D eigenvalue weighted by atomic mass is 79.9. The van der Waals surface area contributed by atoms with Crippen LogP contribution in [0.4, 0.5) is 0 Å². The Labute approximate surface area is 89.5 Å². The lowest BCUT2D eigenvalue weighted by molar-refractivity contribution is 0.265. The van der Waals surface area contributed by atoms with Crippen LogP contribution in [-0.2, 0) is 0 Å². The third kappa shape index (κ3) is 1.43. The summed E-state index contributed by atoms with van der Waals surface area (Å²) in [5.74, 6) is 0. The molecule has 0 saturated carbocycles. The van der Waals surface area contributed by atoms with Gasteiger partial charge in [-0.1, -0.05) is 6.07 Å². The number of aliphatic hydroxyl groups is 1. The van der Waals surface area contributed by atoms with E-state index in [0.29, 0.717) is 0 Å². The fourth-order valence-electron chi connectivity index (χ4n) is 1.40. The lowest BCUT2D eigenvalue weighted by Gasteiger charge is -2.10. The highest BCUT2D eigenvalue weighted by Crippen LogP contribution is 2.19. The van der Waals surface area contributed by atoms with E-state index in [2.05, 4.69) is 20.9 Å². The van der Waals surface area contributed by atoms with Gasteiger partial charge in [-0.15, -0.1) is 0 Å². The Bertz CT molecular complexity index is 454. The lowest BCUT2D eigenvalue weighted by Crippen LogP contribution is -2.17. The molecular weight excluding hydrogens is 246 g/mol. The minimum absolute atomic E-state index is 0.0745. The van der Waals surface area contributed by atoms with Gasteiger partial charge in [0.2, 0.25) is 0 Å². The summed E-state index contributed by atoms with van der Waals surface area (Å²) in [7, 11) is 0. The molecule has 74 valence electrons. The number of imidazole rings is 1. The molecule has 2 heterocycles. The van der Waals surface area contributed by atoms with Gasteiger partial charge in [0.05, 0.1) is 18.2 Å². The van der Waals surface area contributed by atoms with Crippen molar-refractivity contribution in [3.8, 4) is 0 Å². The highest BCUT2D eigenvalue weighted by Gasteiger charge is 2.10. The molecule has 2 aromatic heterocycles. The molecule has 4 nitrogen and oxygen atoms in total. The summed E-state index contributed by atoms with van der Waals surface area (Å²) >= 11 is 3.34. The van der Waals surface area contributed by atoms with Crippen LogP contribution in [0.5, 0.6) is 0 Å². The van der Waals surface area contributed by atoms with Crippen LogP contribution in [-0.4, -0.2) is 21.1 Å². The van der Waals surface area contributed by atoms with Gasteiger partial charge in [-0.2, -0.15) is 0 Å². The maximum Gasteiger partial charge on any atom is 0.131 e. The molecule has 0 aliphatic rings. The van der Waals surface area contributed by atoms with Crippen LogP contribution in [0.1, 0.15) is 11.7 Å². The van der Waals surface area contributed by atoms with Crippen molar-refractivity contribution in [3.63, 3.8) is 0 Å². The molecule has 5 heteroatoms. The zero-order valence-electron chi connectivity index (χ0n) is 7.39. The Morgan fingerprint density at radius 3 is 3.07 bits per heavy atom. The molecule has 0 bridgehead atoms. The van der Waals surface area contributed by atoms with Crippen molar-refractivity contribution in [2.24, 2.45) is 5.73 Å². The van der Waals surface area contributed by atoms with E-state index < -0.39 is 0 Å². The van der Waals surface area contributed by atoms with Gasteiger partial charge >= 0.3 is 0 Å². The third-order valence-corrected chi connectivity index (χ3v) is 2.74. The number of aromatic nitrogens is 2. The molecule has 0 fully saturated rings. The maximum absolute atomic E-state index is 8.98. The summed E-state index contributed by atoms with van der Waals surface area (Å²) in [5.41, 5.74) is 7.56. The van der Waals surface area contributed by atoms with Gasteiger partial charge in [-0.25, -0.2) is 4.98 Å². The van der Waals surface area contributed by atoms with Crippen molar-refractivity contribution in [2.75, 3.05) is 6.61 Å². The zero-order chi connectivity index (χ0) is 10.1. The Kier molecular flexibility index (Phi) is 2.54. The van der Waals surface area contributed by atoms with Crippen molar-refractivity contribution in [2.45, 2.75) is 6.04 Å². The third-order valence-electron chi connectivity index (χ3n) is 2.13. The van der Waals surface area contributed by atoms with Crippen LogP contribution in [0.3, 0.4) is 0 Å². The molecule has 0 aromatic carbocycles. The lowest BCUT2D eigenvalue weighted by atomic mass is 10.2. The van der Waals surface area contributed by atoms with E-state index >= 15 is 0 Å². The van der Waals surface area contributed by atoms with Crippen LogP contribution in [0, 0.1) is 0 Å². The second-order valence-corrected chi connectivity index (χ2v) is 3.78. The normalized spacial score (nSPS) is 13.4. The molecule has 14 heavy (non-hydrogen) atoms. The van der Waals surface area contributed by atoms with Crippen LogP contribution in [0.25, 0.3) is 5.52 Å². The van der Waals surface area contributed by atoms with Gasteiger partial charge in [0.15, 0.2) is 0 Å². The minimum Gasteiger partial charge on any atom is -0.394 e.